The average molecular weight is 1180 g/mol. The van der Waals surface area contributed by atoms with Gasteiger partial charge in [0.05, 0.1) is 51.3 Å². The SMILES string of the molecule is CC1CCC2(OC1)OC1CC3C4CC=C5CC(OC6OCC(O)C(O)C6OC6OC(C)C(OC7OC(CO)C(O)C(OC8OC(CO)C(O)C(O)C8O)C7OC7OC(CO)C(O)C(O)C7O)C(O)C6O)CCC5(C)C4CCC3(C)C1C2C. The Labute approximate surface area is 476 Å². The Bertz CT molecular complexity index is 2190. The van der Waals surface area contributed by atoms with Crippen molar-refractivity contribution in [1.82, 2.24) is 0 Å². The predicted octanol–water partition coefficient (Wildman–Crippen LogP) is -3.50. The van der Waals surface area contributed by atoms with Crippen LogP contribution in [0.15, 0.2) is 11.6 Å². The zero-order valence-corrected chi connectivity index (χ0v) is 47.1. The van der Waals surface area contributed by atoms with E-state index in [9.17, 15) is 71.5 Å². The molecular formula is C56H90O26. The lowest BCUT2D eigenvalue weighted by atomic mass is 9.47. The molecule has 35 atom stereocenters. The fourth-order valence-corrected chi connectivity index (χ4v) is 16.7. The highest BCUT2D eigenvalue weighted by Crippen LogP contribution is 2.71. The van der Waals surface area contributed by atoms with Crippen molar-refractivity contribution in [2.24, 2.45) is 46.3 Å². The molecule has 11 rings (SSSR count). The maximum absolute atomic E-state index is 11.9. The Morgan fingerprint density at radius 2 is 1.12 bits per heavy atom. The minimum atomic E-state index is -2.06. The molecule has 0 amide bonds. The molecule has 7 heterocycles. The maximum Gasteiger partial charge on any atom is 0.187 e. The van der Waals surface area contributed by atoms with Crippen LogP contribution >= 0.6 is 0 Å². The Kier molecular flexibility index (Phi) is 18.4. The molecule has 11 aliphatic rings. The lowest BCUT2D eigenvalue weighted by Gasteiger charge is -2.58. The molecule has 10 fully saturated rings. The monoisotopic (exact) mass is 1180 g/mol. The van der Waals surface area contributed by atoms with Gasteiger partial charge in [0, 0.05) is 12.3 Å². The van der Waals surface area contributed by atoms with Crippen LogP contribution in [0.1, 0.15) is 92.4 Å². The van der Waals surface area contributed by atoms with Crippen LogP contribution in [0.2, 0.25) is 0 Å². The van der Waals surface area contributed by atoms with Gasteiger partial charge in [-0.3, -0.25) is 0 Å². The smallest absolute Gasteiger partial charge is 0.187 e. The van der Waals surface area contributed by atoms with Gasteiger partial charge in [-0.05, 0) is 98.7 Å². The fourth-order valence-electron chi connectivity index (χ4n) is 16.7. The Hall–Kier alpha value is -1.30. The molecule has 35 unspecified atom stereocenters. The van der Waals surface area contributed by atoms with E-state index in [1.54, 1.807) is 0 Å². The van der Waals surface area contributed by atoms with E-state index in [0.717, 1.165) is 51.6 Å². The molecule has 470 valence electrons. The lowest BCUT2D eigenvalue weighted by molar-refractivity contribution is -0.408. The Morgan fingerprint density at radius 1 is 0.537 bits per heavy atom. The van der Waals surface area contributed by atoms with Crippen LogP contribution < -0.4 is 0 Å². The van der Waals surface area contributed by atoms with Crippen molar-refractivity contribution in [3.8, 4) is 0 Å². The summed E-state index contributed by atoms with van der Waals surface area (Å²) in [6, 6.07) is 0. The largest absolute Gasteiger partial charge is 0.394 e. The molecule has 7 saturated heterocycles. The summed E-state index contributed by atoms with van der Waals surface area (Å²) in [5.41, 5.74) is 1.45. The third-order valence-corrected chi connectivity index (χ3v) is 21.5. The summed E-state index contributed by atoms with van der Waals surface area (Å²) in [5.74, 6) is 2.42. The second-order valence-corrected chi connectivity index (χ2v) is 26.2. The first-order valence-electron chi connectivity index (χ1n) is 29.8. The molecule has 82 heavy (non-hydrogen) atoms. The fraction of sp³-hybridized carbons (Fsp3) is 0.964. The van der Waals surface area contributed by atoms with Crippen molar-refractivity contribution in [2.45, 2.75) is 258 Å². The Balaban J connectivity index is 0.766. The molecule has 1 spiro atoms. The molecule has 0 aromatic rings. The summed E-state index contributed by atoms with van der Waals surface area (Å²) >= 11 is 0. The number of hydrogen-bond acceptors (Lipinski definition) is 26. The number of rotatable bonds is 13. The molecule has 26 nitrogen and oxygen atoms in total. The van der Waals surface area contributed by atoms with Crippen molar-refractivity contribution >= 4 is 0 Å². The van der Waals surface area contributed by atoms with Crippen LogP contribution in [0.5, 0.6) is 0 Å². The molecular weight excluding hydrogens is 1090 g/mol. The van der Waals surface area contributed by atoms with Crippen LogP contribution in [-0.4, -0.2) is 270 Å². The van der Waals surface area contributed by atoms with Crippen LogP contribution in [0.4, 0.5) is 0 Å². The van der Waals surface area contributed by atoms with Crippen LogP contribution in [0, 0.1) is 46.3 Å². The van der Waals surface area contributed by atoms with Crippen LogP contribution in [0.3, 0.4) is 0 Å². The van der Waals surface area contributed by atoms with Crippen LogP contribution in [-0.2, 0) is 56.8 Å². The third-order valence-electron chi connectivity index (χ3n) is 21.5. The maximum atomic E-state index is 11.9. The van der Waals surface area contributed by atoms with Gasteiger partial charge in [-0.25, -0.2) is 0 Å². The summed E-state index contributed by atoms with van der Waals surface area (Å²) in [6.45, 7) is 8.74. The van der Waals surface area contributed by atoms with Gasteiger partial charge in [0.15, 0.2) is 37.2 Å². The first kappa shape index (κ1) is 62.3. The molecule has 26 heteroatoms. The van der Waals surface area contributed by atoms with Gasteiger partial charge >= 0.3 is 0 Å². The predicted molar refractivity (Wildman–Crippen MR) is 273 cm³/mol. The summed E-state index contributed by atoms with van der Waals surface area (Å²) in [5, 5.41) is 152. The van der Waals surface area contributed by atoms with E-state index in [0.29, 0.717) is 48.3 Å². The van der Waals surface area contributed by atoms with E-state index in [4.69, 9.17) is 56.8 Å². The van der Waals surface area contributed by atoms with Crippen LogP contribution in [0.25, 0.3) is 0 Å². The molecule has 14 N–H and O–H groups in total. The molecule has 7 aliphatic heterocycles. The van der Waals surface area contributed by atoms with Gasteiger partial charge in [-0.1, -0.05) is 39.3 Å². The molecule has 0 aromatic carbocycles. The number of fused-ring (bicyclic) bond motifs is 7. The van der Waals surface area contributed by atoms with Crippen molar-refractivity contribution in [2.75, 3.05) is 33.0 Å². The van der Waals surface area contributed by atoms with Gasteiger partial charge in [0.1, 0.15) is 110 Å². The standard InChI is InChI=1S/C56H90O26/c1-21-8-13-56(72-19-21)22(2)34-30(82-56)15-28-26-7-6-24-14-25(9-11-54(24,4)27(26)10-12-55(28,34)5)74-52-47(35(61)29(60)20-71-52)80-49-44(70)41(67)45(23(3)73-49)78-53-48(81-51-43(69)40(66)37(63)32(17-58)76-51)46(38(64)33(18-59)77-53)79-50-42(68)39(65)36(62)31(16-57)75-50/h6,21-23,25-53,57-70H,7-20H2,1-5H3. The van der Waals surface area contributed by atoms with E-state index in [1.807, 2.05) is 0 Å². The van der Waals surface area contributed by atoms with E-state index in [2.05, 4.69) is 33.8 Å². The van der Waals surface area contributed by atoms with Crippen molar-refractivity contribution in [3.05, 3.63) is 11.6 Å². The number of ether oxygens (including phenoxy) is 12. The highest BCUT2D eigenvalue weighted by atomic mass is 16.8. The first-order valence-corrected chi connectivity index (χ1v) is 29.8. The summed E-state index contributed by atoms with van der Waals surface area (Å²) in [4.78, 5) is 0. The van der Waals surface area contributed by atoms with Gasteiger partial charge in [0.2, 0.25) is 0 Å². The van der Waals surface area contributed by atoms with Gasteiger partial charge in [-0.2, -0.15) is 0 Å². The summed E-state index contributed by atoms with van der Waals surface area (Å²) in [7, 11) is 0. The minimum Gasteiger partial charge on any atom is -0.394 e. The lowest BCUT2D eigenvalue weighted by Crippen LogP contribution is -2.68. The molecule has 4 aliphatic carbocycles. The molecule has 3 saturated carbocycles. The molecule has 0 bridgehead atoms. The van der Waals surface area contributed by atoms with E-state index >= 15 is 0 Å². The number of allylic oxidation sites excluding steroid dienone is 1. The highest BCUT2D eigenvalue weighted by molar-refractivity contribution is 5.26. The topological polar surface area (TPSA) is 394 Å². The van der Waals surface area contributed by atoms with Crippen molar-refractivity contribution in [3.63, 3.8) is 0 Å². The summed E-state index contributed by atoms with van der Waals surface area (Å²) < 4.78 is 73.9. The average Bonchev–Trinajstić information content (AvgIpc) is 1.94. The zero-order chi connectivity index (χ0) is 58.6. The first-order chi connectivity index (χ1) is 39.0. The van der Waals surface area contributed by atoms with E-state index in [1.165, 1.54) is 12.5 Å². The van der Waals surface area contributed by atoms with Gasteiger partial charge in [-0.15, -0.1) is 0 Å². The van der Waals surface area contributed by atoms with Crippen molar-refractivity contribution in [1.29, 1.82) is 0 Å². The quantitative estimate of drug-likeness (QED) is 0.0796. The van der Waals surface area contributed by atoms with E-state index < -0.39 is 173 Å². The van der Waals surface area contributed by atoms with Crippen molar-refractivity contribution < 1.29 is 128 Å². The third kappa shape index (κ3) is 10.8. The van der Waals surface area contributed by atoms with Gasteiger partial charge in [0.25, 0.3) is 0 Å². The number of aliphatic hydroxyl groups is 14. The molecule has 0 radical (unpaired) electrons. The van der Waals surface area contributed by atoms with E-state index in [-0.39, 0.29) is 29.6 Å². The number of aliphatic hydroxyl groups excluding tert-OH is 14. The normalized spacial score (nSPS) is 56.9. The summed E-state index contributed by atoms with van der Waals surface area (Å²) in [6.07, 6.45) is -31.5. The second kappa shape index (κ2) is 24.2. The highest BCUT2D eigenvalue weighted by Gasteiger charge is 2.69. The Morgan fingerprint density at radius 3 is 1.76 bits per heavy atom. The van der Waals surface area contributed by atoms with Gasteiger partial charge < -0.3 is 128 Å². The minimum absolute atomic E-state index is 0.0477. The zero-order valence-electron chi connectivity index (χ0n) is 47.1. The number of hydrogen-bond donors (Lipinski definition) is 14. The second-order valence-electron chi connectivity index (χ2n) is 26.2. The molecule has 0 aromatic heterocycles.